The summed E-state index contributed by atoms with van der Waals surface area (Å²) in [6, 6.07) is 3.91. The molecule has 0 spiro atoms. The number of rotatable bonds is 5. The predicted molar refractivity (Wildman–Crippen MR) is 75.8 cm³/mol. The number of sulfone groups is 1. The summed E-state index contributed by atoms with van der Waals surface area (Å²) in [4.78, 5) is 4.28. The molecule has 1 aromatic heterocycles. The number of nitrogens with zero attached hydrogens (tertiary/aromatic N) is 1. The van der Waals surface area contributed by atoms with Gasteiger partial charge in [0.15, 0.2) is 9.84 Å². The van der Waals surface area contributed by atoms with Crippen LogP contribution in [0, 0.1) is 0 Å². The average molecular weight is 270 g/mol. The fraction of sp³-hybridized carbons (Fsp3) is 0.615. The van der Waals surface area contributed by atoms with Gasteiger partial charge in [0.1, 0.15) is 5.82 Å². The number of aromatic nitrogens is 1. The van der Waals surface area contributed by atoms with E-state index in [9.17, 15) is 8.42 Å². The van der Waals surface area contributed by atoms with Crippen LogP contribution in [0.2, 0.25) is 0 Å². The Bertz CT molecular complexity index is 473. The van der Waals surface area contributed by atoms with Crippen LogP contribution in [0.15, 0.2) is 18.3 Å². The first-order chi connectivity index (χ1) is 8.24. The molecule has 1 heterocycles. The highest BCUT2D eigenvalue weighted by Crippen LogP contribution is 2.21. The molecule has 0 unspecified atom stereocenters. The van der Waals surface area contributed by atoms with Crippen molar-refractivity contribution >= 4 is 15.7 Å². The molecule has 0 aliphatic heterocycles. The number of hydrogen-bond donors (Lipinski definition) is 1. The maximum Gasteiger partial charge on any atom is 0.151 e. The average Bonchev–Trinajstić information content (AvgIpc) is 2.28. The van der Waals surface area contributed by atoms with E-state index in [1.54, 1.807) is 6.92 Å². The molecule has 0 saturated carbocycles. The lowest BCUT2D eigenvalue weighted by molar-refractivity contribution is 0.587. The molecule has 0 bridgehead atoms. The van der Waals surface area contributed by atoms with E-state index in [-0.39, 0.29) is 16.9 Å². The van der Waals surface area contributed by atoms with Crippen molar-refractivity contribution in [2.24, 2.45) is 0 Å². The zero-order valence-electron chi connectivity index (χ0n) is 11.5. The Labute approximate surface area is 110 Å². The second-order valence-corrected chi connectivity index (χ2v) is 7.82. The quantitative estimate of drug-likeness (QED) is 0.891. The summed E-state index contributed by atoms with van der Waals surface area (Å²) in [5.41, 5.74) is 1.24. The largest absolute Gasteiger partial charge is 0.369 e. The van der Waals surface area contributed by atoms with Crippen LogP contribution in [0.1, 0.15) is 33.3 Å². The molecular formula is C13H22N2O2S. The molecule has 4 nitrogen and oxygen atoms in total. The first-order valence-electron chi connectivity index (χ1n) is 6.15. The number of nitrogens with one attached hydrogen (secondary N) is 1. The van der Waals surface area contributed by atoms with Gasteiger partial charge in [0.05, 0.1) is 5.75 Å². The number of pyridine rings is 1. The normalized spacial score (nSPS) is 12.4. The molecule has 0 fully saturated rings. The van der Waals surface area contributed by atoms with E-state index < -0.39 is 9.84 Å². The third kappa shape index (κ3) is 4.64. The standard InChI is InChI=1S/C13H22N2O2S/c1-5-18(16,17)9-8-14-12-7-6-11(10-15-12)13(2,3)4/h6-7,10H,5,8-9H2,1-4H3,(H,14,15). The summed E-state index contributed by atoms with van der Waals surface area (Å²) >= 11 is 0. The van der Waals surface area contributed by atoms with E-state index >= 15 is 0 Å². The second kappa shape index (κ2) is 5.69. The molecule has 0 radical (unpaired) electrons. The Kier molecular flexibility index (Phi) is 4.73. The molecule has 0 aromatic carbocycles. The highest BCUT2D eigenvalue weighted by molar-refractivity contribution is 7.91. The van der Waals surface area contributed by atoms with Gasteiger partial charge in [0.2, 0.25) is 0 Å². The Morgan fingerprint density at radius 2 is 1.94 bits per heavy atom. The van der Waals surface area contributed by atoms with Crippen LogP contribution in [0.4, 0.5) is 5.82 Å². The van der Waals surface area contributed by atoms with E-state index in [0.717, 1.165) is 5.56 Å². The minimum absolute atomic E-state index is 0.0804. The Morgan fingerprint density at radius 1 is 1.28 bits per heavy atom. The molecule has 0 saturated heterocycles. The van der Waals surface area contributed by atoms with Crippen molar-refractivity contribution < 1.29 is 8.42 Å². The van der Waals surface area contributed by atoms with Crippen molar-refractivity contribution in [1.29, 1.82) is 0 Å². The molecule has 0 atom stereocenters. The van der Waals surface area contributed by atoms with E-state index in [1.807, 2.05) is 18.3 Å². The van der Waals surface area contributed by atoms with Crippen LogP contribution in [-0.2, 0) is 15.3 Å². The second-order valence-electron chi connectivity index (χ2n) is 5.35. The highest BCUT2D eigenvalue weighted by Gasteiger charge is 2.13. The molecule has 5 heteroatoms. The zero-order chi connectivity index (χ0) is 13.8. The van der Waals surface area contributed by atoms with Crippen LogP contribution < -0.4 is 5.32 Å². The summed E-state index contributed by atoms with van der Waals surface area (Å²) in [5.74, 6) is 1.05. The highest BCUT2D eigenvalue weighted by atomic mass is 32.2. The number of hydrogen-bond acceptors (Lipinski definition) is 4. The first kappa shape index (κ1) is 15.0. The molecule has 1 aromatic rings. The van der Waals surface area contributed by atoms with Gasteiger partial charge in [-0.05, 0) is 17.0 Å². The summed E-state index contributed by atoms with van der Waals surface area (Å²) in [6.45, 7) is 8.45. The van der Waals surface area contributed by atoms with Crippen LogP contribution in [-0.4, -0.2) is 31.5 Å². The summed E-state index contributed by atoms with van der Waals surface area (Å²) < 4.78 is 22.6. The Morgan fingerprint density at radius 3 is 2.39 bits per heavy atom. The molecule has 0 aliphatic rings. The molecule has 18 heavy (non-hydrogen) atoms. The third-order valence-corrected chi connectivity index (χ3v) is 4.49. The molecular weight excluding hydrogens is 248 g/mol. The van der Waals surface area contributed by atoms with Gasteiger partial charge in [-0.3, -0.25) is 0 Å². The van der Waals surface area contributed by atoms with Crippen molar-refractivity contribution in [3.63, 3.8) is 0 Å². The van der Waals surface area contributed by atoms with Gasteiger partial charge in [-0.2, -0.15) is 0 Å². The van der Waals surface area contributed by atoms with E-state index in [4.69, 9.17) is 0 Å². The minimum Gasteiger partial charge on any atom is -0.369 e. The van der Waals surface area contributed by atoms with Crippen molar-refractivity contribution in [1.82, 2.24) is 4.98 Å². The Balaban J connectivity index is 2.55. The summed E-state index contributed by atoms with van der Waals surface area (Å²) in [6.07, 6.45) is 1.83. The van der Waals surface area contributed by atoms with Gasteiger partial charge in [-0.1, -0.05) is 33.8 Å². The Hall–Kier alpha value is -1.10. The van der Waals surface area contributed by atoms with E-state index in [2.05, 4.69) is 31.1 Å². The van der Waals surface area contributed by atoms with Crippen molar-refractivity contribution in [2.45, 2.75) is 33.1 Å². The maximum absolute atomic E-state index is 11.3. The van der Waals surface area contributed by atoms with Crippen molar-refractivity contribution in [3.05, 3.63) is 23.9 Å². The fourth-order valence-electron chi connectivity index (χ4n) is 1.42. The maximum atomic E-state index is 11.3. The third-order valence-electron chi connectivity index (χ3n) is 2.79. The lowest BCUT2D eigenvalue weighted by atomic mass is 9.88. The fourth-order valence-corrected chi connectivity index (χ4v) is 2.12. The summed E-state index contributed by atoms with van der Waals surface area (Å²) in [5, 5.41) is 3.02. The topological polar surface area (TPSA) is 59.1 Å². The van der Waals surface area contributed by atoms with Gasteiger partial charge in [-0.15, -0.1) is 0 Å². The van der Waals surface area contributed by atoms with Crippen LogP contribution in [0.5, 0.6) is 0 Å². The first-order valence-corrected chi connectivity index (χ1v) is 7.97. The monoisotopic (exact) mass is 270 g/mol. The van der Waals surface area contributed by atoms with Gasteiger partial charge < -0.3 is 5.32 Å². The van der Waals surface area contributed by atoms with Crippen LogP contribution in [0.3, 0.4) is 0 Å². The molecule has 0 amide bonds. The van der Waals surface area contributed by atoms with Gasteiger partial charge in [0, 0.05) is 18.5 Å². The van der Waals surface area contributed by atoms with E-state index in [1.165, 1.54) is 0 Å². The lowest BCUT2D eigenvalue weighted by Gasteiger charge is -2.18. The molecule has 1 rings (SSSR count). The minimum atomic E-state index is -2.91. The predicted octanol–water partition coefficient (Wildman–Crippen LogP) is 2.23. The lowest BCUT2D eigenvalue weighted by Crippen LogP contribution is -2.18. The van der Waals surface area contributed by atoms with Gasteiger partial charge in [-0.25, -0.2) is 13.4 Å². The smallest absolute Gasteiger partial charge is 0.151 e. The SMILES string of the molecule is CCS(=O)(=O)CCNc1ccc(C(C)(C)C)cn1. The van der Waals surface area contributed by atoms with Gasteiger partial charge >= 0.3 is 0 Å². The van der Waals surface area contributed by atoms with Crippen molar-refractivity contribution in [3.8, 4) is 0 Å². The van der Waals surface area contributed by atoms with Crippen LogP contribution >= 0.6 is 0 Å². The van der Waals surface area contributed by atoms with Crippen LogP contribution in [0.25, 0.3) is 0 Å². The van der Waals surface area contributed by atoms with Crippen molar-refractivity contribution in [2.75, 3.05) is 23.4 Å². The molecule has 0 aliphatic carbocycles. The van der Waals surface area contributed by atoms with Gasteiger partial charge in [0.25, 0.3) is 0 Å². The number of anilines is 1. The van der Waals surface area contributed by atoms with E-state index in [0.29, 0.717) is 12.4 Å². The zero-order valence-corrected chi connectivity index (χ0v) is 12.3. The molecule has 1 N–H and O–H groups in total. The summed E-state index contributed by atoms with van der Waals surface area (Å²) in [7, 11) is -2.91. The molecule has 102 valence electrons.